The van der Waals surface area contributed by atoms with E-state index in [2.05, 4.69) is 5.32 Å². The maximum Gasteiger partial charge on any atom is 0.120 e. The number of phenols is 1. The molecule has 0 spiro atoms. The van der Waals surface area contributed by atoms with Gasteiger partial charge in [0.2, 0.25) is 0 Å². The van der Waals surface area contributed by atoms with Gasteiger partial charge in [-0.3, -0.25) is 0 Å². The minimum absolute atomic E-state index is 0.201. The van der Waals surface area contributed by atoms with Crippen LogP contribution in [0.25, 0.3) is 0 Å². The van der Waals surface area contributed by atoms with E-state index in [4.69, 9.17) is 16.3 Å². The lowest BCUT2D eigenvalue weighted by atomic mass is 10.2. The van der Waals surface area contributed by atoms with Gasteiger partial charge in [0.25, 0.3) is 0 Å². The molecule has 0 amide bonds. The first-order valence-corrected chi connectivity index (χ1v) is 7.29. The van der Waals surface area contributed by atoms with Gasteiger partial charge in [-0.05, 0) is 30.3 Å². The van der Waals surface area contributed by atoms with E-state index in [1.807, 2.05) is 6.07 Å². The number of benzene rings is 1. The van der Waals surface area contributed by atoms with Crippen molar-refractivity contribution in [2.75, 3.05) is 13.7 Å². The Balaban J connectivity index is 1.89. The fourth-order valence-electron chi connectivity index (χ4n) is 1.78. The summed E-state index contributed by atoms with van der Waals surface area (Å²) < 4.78 is 5.77. The summed E-state index contributed by atoms with van der Waals surface area (Å²) in [6.07, 6.45) is -0.611. The first kappa shape index (κ1) is 15.1. The van der Waals surface area contributed by atoms with Crippen LogP contribution >= 0.6 is 22.9 Å². The van der Waals surface area contributed by atoms with Crippen LogP contribution in [0.3, 0.4) is 0 Å². The van der Waals surface area contributed by atoms with E-state index >= 15 is 0 Å². The number of nitrogens with one attached hydrogen (secondary N) is 1. The predicted molar refractivity (Wildman–Crippen MR) is 80.7 cm³/mol. The van der Waals surface area contributed by atoms with Crippen LogP contribution < -0.4 is 10.1 Å². The second-order valence-electron chi connectivity index (χ2n) is 4.28. The zero-order valence-corrected chi connectivity index (χ0v) is 12.5. The Bertz CT molecular complexity index is 573. The highest BCUT2D eigenvalue weighted by Crippen LogP contribution is 2.27. The highest BCUT2D eigenvalue weighted by molar-refractivity contribution is 7.16. The van der Waals surface area contributed by atoms with E-state index in [-0.39, 0.29) is 5.75 Å². The maximum atomic E-state index is 9.98. The molecule has 2 aromatic rings. The molecule has 0 aliphatic carbocycles. The summed E-state index contributed by atoms with van der Waals surface area (Å²) in [7, 11) is 1.58. The van der Waals surface area contributed by atoms with Crippen molar-refractivity contribution >= 4 is 22.9 Å². The molecule has 4 nitrogen and oxygen atoms in total. The Labute approximate surface area is 126 Å². The van der Waals surface area contributed by atoms with Crippen molar-refractivity contribution in [2.24, 2.45) is 0 Å². The van der Waals surface area contributed by atoms with Gasteiger partial charge in [-0.2, -0.15) is 0 Å². The molecule has 108 valence electrons. The SMILES string of the molecule is COc1ccc(O)c(CNCC(O)c2ccc(Cl)s2)c1. The second kappa shape index (κ2) is 6.95. The molecule has 1 unspecified atom stereocenters. The number of rotatable bonds is 6. The molecule has 1 aromatic heterocycles. The molecule has 0 fully saturated rings. The molecule has 0 bridgehead atoms. The average Bonchev–Trinajstić information content (AvgIpc) is 2.87. The maximum absolute atomic E-state index is 9.98. The Morgan fingerprint density at radius 1 is 1.35 bits per heavy atom. The standard InChI is InChI=1S/C14H16ClNO3S/c1-19-10-2-3-11(17)9(6-10)7-16-8-12(18)13-4-5-14(15)20-13/h2-6,12,16-18H,7-8H2,1H3. The van der Waals surface area contributed by atoms with Gasteiger partial charge in [0, 0.05) is 23.5 Å². The number of aliphatic hydroxyl groups excluding tert-OH is 1. The molecule has 1 aromatic carbocycles. The summed E-state index contributed by atoms with van der Waals surface area (Å²) in [5.74, 6) is 0.886. The fraction of sp³-hybridized carbons (Fsp3) is 0.286. The van der Waals surface area contributed by atoms with Crippen LogP contribution in [0.2, 0.25) is 4.34 Å². The molecule has 0 saturated heterocycles. The van der Waals surface area contributed by atoms with Crippen LogP contribution in [0.15, 0.2) is 30.3 Å². The molecule has 0 aliphatic rings. The van der Waals surface area contributed by atoms with E-state index in [1.165, 1.54) is 11.3 Å². The largest absolute Gasteiger partial charge is 0.508 e. The lowest BCUT2D eigenvalue weighted by Crippen LogP contribution is -2.20. The van der Waals surface area contributed by atoms with Gasteiger partial charge in [0.15, 0.2) is 0 Å². The summed E-state index contributed by atoms with van der Waals surface area (Å²) in [6, 6.07) is 8.62. The quantitative estimate of drug-likeness (QED) is 0.767. The van der Waals surface area contributed by atoms with Gasteiger partial charge >= 0.3 is 0 Å². The van der Waals surface area contributed by atoms with Crippen molar-refractivity contribution < 1.29 is 14.9 Å². The molecular weight excluding hydrogens is 298 g/mol. The van der Waals surface area contributed by atoms with E-state index in [0.29, 0.717) is 23.2 Å². The van der Waals surface area contributed by atoms with Crippen molar-refractivity contribution in [1.29, 1.82) is 0 Å². The first-order valence-electron chi connectivity index (χ1n) is 6.10. The topological polar surface area (TPSA) is 61.7 Å². The van der Waals surface area contributed by atoms with Crippen LogP contribution in [0.1, 0.15) is 16.5 Å². The van der Waals surface area contributed by atoms with Crippen LogP contribution in [0.4, 0.5) is 0 Å². The predicted octanol–water partition coefficient (Wildman–Crippen LogP) is 2.94. The number of phenolic OH excluding ortho intramolecular Hbond substituents is 1. The highest BCUT2D eigenvalue weighted by atomic mass is 35.5. The van der Waals surface area contributed by atoms with E-state index in [9.17, 15) is 10.2 Å². The van der Waals surface area contributed by atoms with Crippen molar-refractivity contribution in [3.05, 3.63) is 45.1 Å². The van der Waals surface area contributed by atoms with Gasteiger partial charge in [-0.1, -0.05) is 11.6 Å². The van der Waals surface area contributed by atoms with E-state index < -0.39 is 6.10 Å². The molecule has 6 heteroatoms. The van der Waals surface area contributed by atoms with Crippen LogP contribution in [0.5, 0.6) is 11.5 Å². The van der Waals surface area contributed by atoms with Gasteiger partial charge in [0.1, 0.15) is 17.6 Å². The van der Waals surface area contributed by atoms with Crippen LogP contribution in [-0.2, 0) is 6.54 Å². The molecule has 0 aliphatic heterocycles. The molecule has 20 heavy (non-hydrogen) atoms. The monoisotopic (exact) mass is 313 g/mol. The third-order valence-corrected chi connectivity index (χ3v) is 4.19. The number of hydrogen-bond donors (Lipinski definition) is 3. The Kier molecular flexibility index (Phi) is 5.25. The zero-order valence-electron chi connectivity index (χ0n) is 11.0. The molecule has 1 atom stereocenters. The third kappa shape index (κ3) is 3.86. The van der Waals surface area contributed by atoms with Crippen molar-refractivity contribution in [3.8, 4) is 11.5 Å². The van der Waals surface area contributed by atoms with Gasteiger partial charge in [-0.15, -0.1) is 11.3 Å². The molecule has 0 radical (unpaired) electrons. The summed E-state index contributed by atoms with van der Waals surface area (Å²) in [5, 5.41) is 22.8. The number of aromatic hydroxyl groups is 1. The minimum atomic E-state index is -0.611. The van der Waals surface area contributed by atoms with Gasteiger partial charge < -0.3 is 20.3 Å². The lowest BCUT2D eigenvalue weighted by molar-refractivity contribution is 0.178. The Hall–Kier alpha value is -1.27. The van der Waals surface area contributed by atoms with Crippen LogP contribution in [0, 0.1) is 0 Å². The zero-order chi connectivity index (χ0) is 14.5. The average molecular weight is 314 g/mol. The minimum Gasteiger partial charge on any atom is -0.508 e. The number of hydrogen-bond acceptors (Lipinski definition) is 5. The van der Waals surface area contributed by atoms with E-state index in [1.54, 1.807) is 31.4 Å². The summed E-state index contributed by atoms with van der Waals surface area (Å²) in [6.45, 7) is 0.826. The van der Waals surface area contributed by atoms with E-state index in [0.717, 1.165) is 10.4 Å². The number of aliphatic hydroxyl groups is 1. The second-order valence-corrected chi connectivity index (χ2v) is 6.03. The number of halogens is 1. The highest BCUT2D eigenvalue weighted by Gasteiger charge is 2.10. The molecule has 1 heterocycles. The number of thiophene rings is 1. The summed E-state index contributed by atoms with van der Waals surface area (Å²) >= 11 is 7.19. The smallest absolute Gasteiger partial charge is 0.120 e. The third-order valence-electron chi connectivity index (χ3n) is 2.86. The van der Waals surface area contributed by atoms with Crippen molar-refractivity contribution in [2.45, 2.75) is 12.6 Å². The fourth-order valence-corrected chi connectivity index (χ4v) is 2.83. The summed E-state index contributed by atoms with van der Waals surface area (Å²) in [4.78, 5) is 0.817. The number of methoxy groups -OCH3 is 1. The van der Waals surface area contributed by atoms with Crippen molar-refractivity contribution in [3.63, 3.8) is 0 Å². The molecular formula is C14H16ClNO3S. The molecule has 2 rings (SSSR count). The van der Waals surface area contributed by atoms with Gasteiger partial charge in [0.05, 0.1) is 11.4 Å². The lowest BCUT2D eigenvalue weighted by Gasteiger charge is -2.11. The first-order chi connectivity index (χ1) is 9.60. The van der Waals surface area contributed by atoms with Gasteiger partial charge in [-0.25, -0.2) is 0 Å². The number of ether oxygens (including phenoxy) is 1. The normalized spacial score (nSPS) is 12.3. The Morgan fingerprint density at radius 2 is 2.15 bits per heavy atom. The Morgan fingerprint density at radius 3 is 2.80 bits per heavy atom. The molecule has 3 N–H and O–H groups in total. The summed E-state index contributed by atoms with van der Waals surface area (Å²) in [5.41, 5.74) is 0.723. The van der Waals surface area contributed by atoms with Crippen molar-refractivity contribution in [1.82, 2.24) is 5.32 Å². The van der Waals surface area contributed by atoms with Crippen LogP contribution in [-0.4, -0.2) is 23.9 Å². The molecule has 0 saturated carbocycles.